The van der Waals surface area contributed by atoms with Gasteiger partial charge in [-0.2, -0.15) is 0 Å². The smallest absolute Gasteiger partial charge is 0.407 e. The highest BCUT2D eigenvalue weighted by Crippen LogP contribution is 2.38. The molecule has 2 atom stereocenters. The number of nitrogens with zero attached hydrogens (tertiary/aromatic N) is 3. The van der Waals surface area contributed by atoms with Crippen molar-refractivity contribution in [2.45, 2.75) is 150 Å². The first-order valence-electron chi connectivity index (χ1n) is 19.5. The van der Waals surface area contributed by atoms with Gasteiger partial charge in [0.25, 0.3) is 0 Å². The number of ketones is 2. The van der Waals surface area contributed by atoms with Crippen molar-refractivity contribution in [2.24, 2.45) is 0 Å². The number of aryl methyl sites for hydroxylation is 2. The maximum atomic E-state index is 14.0. The lowest BCUT2D eigenvalue weighted by Crippen LogP contribution is -2.41. The van der Waals surface area contributed by atoms with E-state index in [0.717, 1.165) is 30.7 Å². The number of alkyl carbamates (subject to hydrolysis) is 1. The average molecular weight is 783 g/mol. The molecule has 0 aliphatic heterocycles. The van der Waals surface area contributed by atoms with Gasteiger partial charge in [0.2, 0.25) is 5.89 Å². The second-order valence-electron chi connectivity index (χ2n) is 16.3. The van der Waals surface area contributed by atoms with Gasteiger partial charge in [-0.05, 0) is 77.2 Å². The van der Waals surface area contributed by atoms with Crippen molar-refractivity contribution >= 4 is 31.9 Å². The minimum Gasteiger partial charge on any atom is -0.461 e. The highest BCUT2D eigenvalue weighted by molar-refractivity contribution is 6.74. The molecule has 3 aromatic rings. The molecule has 0 bridgehead atoms. The maximum absolute atomic E-state index is 14.0. The Hall–Kier alpha value is -4.17. The lowest BCUT2D eigenvalue weighted by Gasteiger charge is -2.37. The summed E-state index contributed by atoms with van der Waals surface area (Å²) in [5.41, 5.74) is 0.491. The van der Waals surface area contributed by atoms with Crippen LogP contribution in [-0.2, 0) is 33.2 Å². The first-order chi connectivity index (χ1) is 25.7. The van der Waals surface area contributed by atoms with Gasteiger partial charge in [-0.3, -0.25) is 9.59 Å². The molecule has 0 aromatic carbocycles. The lowest BCUT2D eigenvalue weighted by molar-refractivity contribution is 0.0515. The Morgan fingerprint density at radius 3 is 1.96 bits per heavy atom. The third-order valence-corrected chi connectivity index (χ3v) is 14.1. The van der Waals surface area contributed by atoms with Crippen molar-refractivity contribution in [3.8, 4) is 0 Å². The lowest BCUT2D eigenvalue weighted by atomic mass is 9.97. The molecule has 14 heteroatoms. The normalized spacial score (nSPS) is 13.3. The molecule has 0 spiro atoms. The molecule has 3 rings (SSSR count). The number of amides is 1. The SMILES string of the molecule is CCCc1oc(C(CC)CC(=O)c2cccc(C(=O)CC(CO[Si](C)(C)C(C)(C)C)c3nc(C(=O)OCC)c(CCNC(=O)OC(C)(C)C)o3)n2)nc1CC. The molecule has 0 radical (unpaired) electrons. The summed E-state index contributed by atoms with van der Waals surface area (Å²) in [5.74, 6) is -0.435. The third kappa shape index (κ3) is 12.9. The van der Waals surface area contributed by atoms with E-state index in [9.17, 15) is 19.2 Å². The molecule has 1 N–H and O–H groups in total. The monoisotopic (exact) mass is 782 g/mol. The van der Waals surface area contributed by atoms with Gasteiger partial charge in [0, 0.05) is 44.8 Å². The Labute approximate surface area is 327 Å². The molecule has 13 nitrogen and oxygen atoms in total. The summed E-state index contributed by atoms with van der Waals surface area (Å²) in [4.78, 5) is 66.7. The van der Waals surface area contributed by atoms with E-state index in [2.05, 4.69) is 56.1 Å². The van der Waals surface area contributed by atoms with Gasteiger partial charge >= 0.3 is 12.1 Å². The molecule has 55 heavy (non-hydrogen) atoms. The van der Waals surface area contributed by atoms with Crippen LogP contribution in [0.5, 0.6) is 0 Å². The Kier molecular flexibility index (Phi) is 16.1. The van der Waals surface area contributed by atoms with Crippen LogP contribution in [0.15, 0.2) is 27.0 Å². The van der Waals surface area contributed by atoms with Crippen LogP contribution in [0.1, 0.15) is 167 Å². The second-order valence-corrected chi connectivity index (χ2v) is 21.1. The van der Waals surface area contributed by atoms with Gasteiger partial charge in [-0.15, -0.1) is 0 Å². The number of hydrogen-bond donors (Lipinski definition) is 1. The summed E-state index contributed by atoms with van der Waals surface area (Å²) >= 11 is 0. The number of carbonyl (C=O) groups is 4. The number of oxazole rings is 2. The summed E-state index contributed by atoms with van der Waals surface area (Å²) in [5, 5.41) is 2.55. The maximum Gasteiger partial charge on any atom is 0.407 e. The summed E-state index contributed by atoms with van der Waals surface area (Å²) in [6, 6.07) is 4.83. The number of pyridine rings is 1. The molecule has 304 valence electrons. The summed E-state index contributed by atoms with van der Waals surface area (Å²) in [7, 11) is -2.31. The van der Waals surface area contributed by atoms with Crippen LogP contribution in [-0.4, -0.2) is 72.3 Å². The van der Waals surface area contributed by atoms with E-state index in [-0.39, 0.29) is 90.3 Å². The van der Waals surface area contributed by atoms with Gasteiger partial charge in [0.1, 0.15) is 28.5 Å². The zero-order valence-electron chi connectivity index (χ0n) is 35.0. The van der Waals surface area contributed by atoms with Gasteiger partial charge < -0.3 is 28.1 Å². The standard InChI is InChI=1S/C41H62N4O9Si/c1-13-18-33-28(15-3)44-36(52-33)26(14-2)23-31(46)29-19-17-20-30(43-29)32(47)24-27(25-51-55(11,12)41(8,9)10)37-45-35(38(48)50-16-4)34(53-37)21-22-42-39(49)54-40(5,6)7/h17,19-20,26-27H,13-16,18,21-25H2,1-12H3,(H,42,49). The zero-order valence-corrected chi connectivity index (χ0v) is 36.0. The number of rotatable bonds is 20. The van der Waals surface area contributed by atoms with Gasteiger partial charge in [-0.1, -0.05) is 47.6 Å². The Morgan fingerprint density at radius 1 is 0.818 bits per heavy atom. The molecule has 0 aliphatic rings. The number of ether oxygens (including phenoxy) is 2. The van der Waals surface area contributed by atoms with Crippen LogP contribution in [0.25, 0.3) is 0 Å². The largest absolute Gasteiger partial charge is 0.461 e. The van der Waals surface area contributed by atoms with Crippen LogP contribution in [0.4, 0.5) is 4.79 Å². The minimum atomic E-state index is -2.31. The van der Waals surface area contributed by atoms with Crippen molar-refractivity contribution in [3.63, 3.8) is 0 Å². The van der Waals surface area contributed by atoms with Crippen LogP contribution in [0.3, 0.4) is 0 Å². The summed E-state index contributed by atoms with van der Waals surface area (Å²) < 4.78 is 29.5. The number of hydrogen-bond acceptors (Lipinski definition) is 12. The van der Waals surface area contributed by atoms with Crippen LogP contribution in [0, 0.1) is 0 Å². The van der Waals surface area contributed by atoms with E-state index in [1.165, 1.54) is 0 Å². The summed E-state index contributed by atoms with van der Waals surface area (Å²) in [6.07, 6.45) is 2.64. The first-order valence-corrected chi connectivity index (χ1v) is 22.4. The number of aromatic nitrogens is 3. The van der Waals surface area contributed by atoms with E-state index in [1.807, 2.05) is 13.8 Å². The van der Waals surface area contributed by atoms with Crippen molar-refractivity contribution in [3.05, 3.63) is 64.3 Å². The fraction of sp³-hybridized carbons (Fsp3) is 0.634. The first kappa shape index (κ1) is 45.2. The van der Waals surface area contributed by atoms with E-state index in [0.29, 0.717) is 12.3 Å². The molecule has 0 saturated carbocycles. The molecule has 1 amide bonds. The molecular weight excluding hydrogens is 721 g/mol. The summed E-state index contributed by atoms with van der Waals surface area (Å²) in [6.45, 7) is 23.9. The van der Waals surface area contributed by atoms with E-state index < -0.39 is 31.9 Å². The molecule has 2 unspecified atom stereocenters. The average Bonchev–Trinajstić information content (AvgIpc) is 3.72. The van der Waals surface area contributed by atoms with Crippen molar-refractivity contribution < 1.29 is 41.9 Å². The molecule has 0 aliphatic carbocycles. The predicted octanol–water partition coefficient (Wildman–Crippen LogP) is 8.96. The number of Topliss-reactive ketones (excluding diaryl/α,β-unsaturated/α-hetero) is 2. The van der Waals surface area contributed by atoms with Crippen molar-refractivity contribution in [2.75, 3.05) is 19.8 Å². The highest BCUT2D eigenvalue weighted by Gasteiger charge is 2.39. The molecule has 3 aromatic heterocycles. The van der Waals surface area contributed by atoms with Gasteiger partial charge in [-0.25, -0.2) is 24.5 Å². The third-order valence-electron chi connectivity index (χ3n) is 9.64. The van der Waals surface area contributed by atoms with Gasteiger partial charge in [0.05, 0.1) is 18.2 Å². The predicted molar refractivity (Wildman–Crippen MR) is 211 cm³/mol. The quantitative estimate of drug-likeness (QED) is 0.0656. The van der Waals surface area contributed by atoms with Crippen molar-refractivity contribution in [1.82, 2.24) is 20.3 Å². The fourth-order valence-corrected chi connectivity index (χ4v) is 6.54. The van der Waals surface area contributed by atoms with Gasteiger partial charge in [0.15, 0.2) is 31.5 Å². The van der Waals surface area contributed by atoms with Crippen LogP contribution < -0.4 is 5.32 Å². The fourth-order valence-electron chi connectivity index (χ4n) is 5.49. The Morgan fingerprint density at radius 2 is 1.42 bits per heavy atom. The number of esters is 1. The molecule has 3 heterocycles. The topological polar surface area (TPSA) is 173 Å². The van der Waals surface area contributed by atoms with Crippen LogP contribution >= 0.6 is 0 Å². The van der Waals surface area contributed by atoms with Crippen LogP contribution in [0.2, 0.25) is 18.1 Å². The minimum absolute atomic E-state index is 0.0391. The highest BCUT2D eigenvalue weighted by atomic mass is 28.4. The Balaban J connectivity index is 1.91. The zero-order chi connectivity index (χ0) is 41.1. The van der Waals surface area contributed by atoms with E-state index >= 15 is 0 Å². The van der Waals surface area contributed by atoms with E-state index in [1.54, 1.807) is 45.9 Å². The molecule has 0 fully saturated rings. The molecular formula is C41H62N4O9Si. The van der Waals surface area contributed by atoms with Crippen molar-refractivity contribution in [1.29, 1.82) is 0 Å². The second kappa shape index (κ2) is 19.6. The molecule has 0 saturated heterocycles. The number of carbonyl (C=O) groups excluding carboxylic acids is 4. The number of nitrogens with one attached hydrogen (secondary N) is 1. The Bertz CT molecular complexity index is 1770. The van der Waals surface area contributed by atoms with E-state index in [4.69, 9.17) is 27.7 Å².